The number of benzene rings is 2. The molecule has 0 atom stereocenters. The van der Waals surface area contributed by atoms with Crippen LogP contribution in [-0.2, 0) is 11.2 Å². The molecule has 5 heteroatoms. The molecule has 0 bridgehead atoms. The molecule has 24 heavy (non-hydrogen) atoms. The lowest BCUT2D eigenvalue weighted by atomic mass is 10.0. The molecular weight excluding hydrogens is 310 g/mol. The molecule has 0 aromatic heterocycles. The van der Waals surface area contributed by atoms with Crippen LogP contribution in [0, 0.1) is 25.5 Å². The van der Waals surface area contributed by atoms with E-state index in [4.69, 9.17) is 0 Å². The summed E-state index contributed by atoms with van der Waals surface area (Å²) in [5.74, 6) is -1.39. The van der Waals surface area contributed by atoms with Crippen LogP contribution in [0.15, 0.2) is 30.3 Å². The summed E-state index contributed by atoms with van der Waals surface area (Å²) in [5.41, 5.74) is 3.84. The molecular formula is C19H20F2N2O. The van der Waals surface area contributed by atoms with Gasteiger partial charge in [-0.15, -0.1) is 0 Å². The smallest absolute Gasteiger partial charge is 0.243 e. The topological polar surface area (TPSA) is 32.3 Å². The van der Waals surface area contributed by atoms with E-state index in [1.807, 2.05) is 32.0 Å². The lowest BCUT2D eigenvalue weighted by Crippen LogP contribution is -2.37. The lowest BCUT2D eigenvalue weighted by molar-refractivity contribution is -0.115. The van der Waals surface area contributed by atoms with Crippen molar-refractivity contribution in [2.24, 2.45) is 0 Å². The Hall–Kier alpha value is -2.43. The Balaban J connectivity index is 1.78. The fourth-order valence-corrected chi connectivity index (χ4v) is 3.14. The van der Waals surface area contributed by atoms with Crippen molar-refractivity contribution in [3.8, 4) is 0 Å². The van der Waals surface area contributed by atoms with Gasteiger partial charge in [0, 0.05) is 18.3 Å². The molecule has 1 aliphatic heterocycles. The molecule has 2 aromatic rings. The van der Waals surface area contributed by atoms with Crippen LogP contribution in [0.3, 0.4) is 0 Å². The normalized spacial score (nSPS) is 13.6. The minimum Gasteiger partial charge on any atom is -0.360 e. The molecule has 126 valence electrons. The second-order valence-corrected chi connectivity index (χ2v) is 6.22. The first-order valence-electron chi connectivity index (χ1n) is 8.04. The van der Waals surface area contributed by atoms with E-state index in [-0.39, 0.29) is 12.5 Å². The summed E-state index contributed by atoms with van der Waals surface area (Å²) in [6.45, 7) is 4.55. The van der Waals surface area contributed by atoms with Gasteiger partial charge in [-0.25, -0.2) is 8.78 Å². The molecule has 2 aromatic carbocycles. The van der Waals surface area contributed by atoms with E-state index in [1.165, 1.54) is 6.07 Å². The first-order chi connectivity index (χ1) is 11.5. The third-order valence-electron chi connectivity index (χ3n) is 4.51. The van der Waals surface area contributed by atoms with Crippen LogP contribution in [0.25, 0.3) is 0 Å². The zero-order valence-electron chi connectivity index (χ0n) is 13.8. The molecule has 0 saturated heterocycles. The van der Waals surface area contributed by atoms with Crippen molar-refractivity contribution < 1.29 is 13.6 Å². The largest absolute Gasteiger partial charge is 0.360 e. The van der Waals surface area contributed by atoms with Gasteiger partial charge >= 0.3 is 0 Å². The van der Waals surface area contributed by atoms with Crippen molar-refractivity contribution in [1.82, 2.24) is 0 Å². The lowest BCUT2D eigenvalue weighted by Gasteiger charge is -2.31. The fourth-order valence-electron chi connectivity index (χ4n) is 3.14. The molecule has 1 N–H and O–H groups in total. The van der Waals surface area contributed by atoms with E-state index in [2.05, 4.69) is 5.32 Å². The highest BCUT2D eigenvalue weighted by atomic mass is 19.1. The monoisotopic (exact) mass is 330 g/mol. The molecule has 0 saturated carbocycles. The molecule has 1 aliphatic rings. The number of nitrogens with zero attached hydrogens (tertiary/aromatic N) is 1. The summed E-state index contributed by atoms with van der Waals surface area (Å²) in [4.78, 5) is 14.1. The maximum atomic E-state index is 14.2. The third kappa shape index (κ3) is 3.25. The summed E-state index contributed by atoms with van der Waals surface area (Å²) < 4.78 is 27.5. The number of carbonyl (C=O) groups is 1. The van der Waals surface area contributed by atoms with Gasteiger partial charge in [-0.2, -0.15) is 0 Å². The van der Waals surface area contributed by atoms with Crippen LogP contribution in [0.4, 0.5) is 20.2 Å². The van der Waals surface area contributed by atoms with Crippen molar-refractivity contribution in [3.05, 3.63) is 58.7 Å². The number of hydrogen-bond donors (Lipinski definition) is 1. The number of anilines is 2. The molecule has 1 heterocycles. The Morgan fingerprint density at radius 2 is 2.04 bits per heavy atom. The van der Waals surface area contributed by atoms with Crippen LogP contribution >= 0.6 is 0 Å². The van der Waals surface area contributed by atoms with Crippen molar-refractivity contribution in [1.29, 1.82) is 0 Å². The minimum absolute atomic E-state index is 0.0446. The number of carbonyl (C=O) groups excluding carboxylic acids is 1. The quantitative estimate of drug-likeness (QED) is 0.923. The third-order valence-corrected chi connectivity index (χ3v) is 4.51. The maximum absolute atomic E-state index is 14.2. The van der Waals surface area contributed by atoms with Crippen LogP contribution in [0.5, 0.6) is 0 Å². The summed E-state index contributed by atoms with van der Waals surface area (Å²) in [7, 11) is 0. The molecule has 0 fully saturated rings. The zero-order valence-corrected chi connectivity index (χ0v) is 13.8. The molecule has 1 amide bonds. The highest BCUT2D eigenvalue weighted by Crippen LogP contribution is 2.31. The van der Waals surface area contributed by atoms with Crippen LogP contribution < -0.4 is 10.2 Å². The van der Waals surface area contributed by atoms with E-state index < -0.39 is 11.6 Å². The first kappa shape index (κ1) is 16.4. The Labute approximate surface area is 140 Å². The molecule has 0 radical (unpaired) electrons. The SMILES string of the molecule is Cc1cccc(NC(=O)CN2CCCc3cc(F)cc(F)c32)c1C. The van der Waals surface area contributed by atoms with Crippen LogP contribution in [0.1, 0.15) is 23.1 Å². The highest BCUT2D eigenvalue weighted by molar-refractivity contribution is 5.95. The van der Waals surface area contributed by atoms with E-state index in [1.54, 1.807) is 4.90 Å². The van der Waals surface area contributed by atoms with Gasteiger partial charge in [-0.05, 0) is 55.5 Å². The van der Waals surface area contributed by atoms with Gasteiger partial charge in [-0.3, -0.25) is 4.79 Å². The van der Waals surface area contributed by atoms with Gasteiger partial charge in [0.25, 0.3) is 0 Å². The average Bonchev–Trinajstić information content (AvgIpc) is 2.51. The summed E-state index contributed by atoms with van der Waals surface area (Å²) >= 11 is 0. The number of rotatable bonds is 3. The summed E-state index contributed by atoms with van der Waals surface area (Å²) in [6.07, 6.45) is 1.39. The maximum Gasteiger partial charge on any atom is 0.243 e. The minimum atomic E-state index is -0.607. The van der Waals surface area contributed by atoms with Gasteiger partial charge in [0.2, 0.25) is 5.91 Å². The molecule has 3 nitrogen and oxygen atoms in total. The Bertz CT molecular complexity index is 789. The van der Waals surface area contributed by atoms with Gasteiger partial charge in [0.05, 0.1) is 12.2 Å². The van der Waals surface area contributed by atoms with E-state index in [9.17, 15) is 13.6 Å². The Kier molecular flexibility index (Phi) is 4.51. The number of hydrogen-bond acceptors (Lipinski definition) is 2. The average molecular weight is 330 g/mol. The zero-order chi connectivity index (χ0) is 17.3. The first-order valence-corrected chi connectivity index (χ1v) is 8.04. The van der Waals surface area contributed by atoms with Gasteiger partial charge < -0.3 is 10.2 Å². The van der Waals surface area contributed by atoms with E-state index >= 15 is 0 Å². The number of amides is 1. The van der Waals surface area contributed by atoms with Crippen LogP contribution in [-0.4, -0.2) is 19.0 Å². The second kappa shape index (κ2) is 6.59. The number of aryl methyl sites for hydroxylation is 2. The predicted octanol–water partition coefficient (Wildman–Crippen LogP) is 3.97. The fraction of sp³-hybridized carbons (Fsp3) is 0.316. The van der Waals surface area contributed by atoms with E-state index in [0.717, 1.165) is 29.3 Å². The summed E-state index contributed by atoms with van der Waals surface area (Å²) in [6, 6.07) is 7.94. The number of nitrogens with one attached hydrogen (secondary N) is 1. The molecule has 0 spiro atoms. The molecule has 3 rings (SSSR count). The van der Waals surface area contributed by atoms with Gasteiger partial charge in [0.15, 0.2) is 0 Å². The molecule has 0 aliphatic carbocycles. The highest BCUT2D eigenvalue weighted by Gasteiger charge is 2.23. The van der Waals surface area contributed by atoms with Crippen molar-refractivity contribution in [2.75, 3.05) is 23.3 Å². The number of fused-ring (bicyclic) bond motifs is 1. The van der Waals surface area contributed by atoms with Gasteiger partial charge in [-0.1, -0.05) is 12.1 Å². The Morgan fingerprint density at radius 1 is 1.25 bits per heavy atom. The standard InChI is InChI=1S/C19H20F2N2O/c1-12-5-3-7-17(13(12)2)22-18(24)11-23-8-4-6-14-9-15(20)10-16(21)19(14)23/h3,5,7,9-10H,4,6,8,11H2,1-2H3,(H,22,24). The second-order valence-electron chi connectivity index (χ2n) is 6.22. The number of halogens is 2. The van der Waals surface area contributed by atoms with Crippen molar-refractivity contribution in [2.45, 2.75) is 26.7 Å². The van der Waals surface area contributed by atoms with E-state index in [0.29, 0.717) is 24.2 Å². The van der Waals surface area contributed by atoms with Crippen LogP contribution in [0.2, 0.25) is 0 Å². The predicted molar refractivity (Wildman–Crippen MR) is 91.4 cm³/mol. The van der Waals surface area contributed by atoms with Gasteiger partial charge in [0.1, 0.15) is 11.6 Å². The van der Waals surface area contributed by atoms with Crippen molar-refractivity contribution >= 4 is 17.3 Å². The summed E-state index contributed by atoms with van der Waals surface area (Å²) in [5, 5.41) is 2.88. The van der Waals surface area contributed by atoms with Crippen molar-refractivity contribution in [3.63, 3.8) is 0 Å². The molecule has 0 unspecified atom stereocenters. The Morgan fingerprint density at radius 3 is 2.83 bits per heavy atom.